The minimum atomic E-state index is -0.424. The number of halogens is 1. The highest BCUT2D eigenvalue weighted by atomic mass is 35.5. The lowest BCUT2D eigenvalue weighted by Crippen LogP contribution is -2.24. The van der Waals surface area contributed by atoms with Crippen LogP contribution in [0, 0.1) is 0 Å². The van der Waals surface area contributed by atoms with E-state index in [1.54, 1.807) is 44.4 Å². The number of phenolic OH excluding ortho intramolecular Hbond substituents is 1. The molecule has 2 N–H and O–H groups in total. The molecule has 0 aliphatic carbocycles. The van der Waals surface area contributed by atoms with E-state index in [1.165, 1.54) is 12.3 Å². The van der Waals surface area contributed by atoms with Gasteiger partial charge < -0.3 is 19.3 Å². The number of phenols is 1. The van der Waals surface area contributed by atoms with Crippen LogP contribution < -0.4 is 19.6 Å². The standard InChI is InChI=1S/C18H19ClN2O5/c1-3-25-16-9-12(8-15(19)18(16)23)10-20-21-17(22)11-26-14-6-4-13(24-2)5-7-14/h4-10,23H,3,11H2,1-2H3,(H,21,22)/b20-10+. The van der Waals surface area contributed by atoms with Crippen LogP contribution in [0.1, 0.15) is 12.5 Å². The van der Waals surface area contributed by atoms with Crippen molar-refractivity contribution in [3.63, 3.8) is 0 Å². The highest BCUT2D eigenvalue weighted by Gasteiger charge is 2.09. The van der Waals surface area contributed by atoms with Crippen LogP contribution in [0.15, 0.2) is 41.5 Å². The summed E-state index contributed by atoms with van der Waals surface area (Å²) in [7, 11) is 1.57. The maximum atomic E-state index is 11.8. The molecule has 26 heavy (non-hydrogen) atoms. The fourth-order valence-corrected chi connectivity index (χ4v) is 2.18. The van der Waals surface area contributed by atoms with Gasteiger partial charge in [0.15, 0.2) is 18.1 Å². The Hall–Kier alpha value is -2.93. The third-order valence-electron chi connectivity index (χ3n) is 3.18. The number of hydrogen-bond acceptors (Lipinski definition) is 6. The van der Waals surface area contributed by atoms with Gasteiger partial charge in [0.25, 0.3) is 5.91 Å². The first-order chi connectivity index (χ1) is 12.5. The Bertz CT molecular complexity index is 778. The van der Waals surface area contributed by atoms with Gasteiger partial charge in [0.1, 0.15) is 11.5 Å². The Kier molecular flexibility index (Phi) is 7.11. The molecule has 0 aliphatic rings. The quantitative estimate of drug-likeness (QED) is 0.544. The van der Waals surface area contributed by atoms with Gasteiger partial charge in [0.05, 0.1) is 25.0 Å². The smallest absolute Gasteiger partial charge is 0.277 e. The van der Waals surface area contributed by atoms with Gasteiger partial charge in [0.2, 0.25) is 0 Å². The Morgan fingerprint density at radius 2 is 1.92 bits per heavy atom. The van der Waals surface area contributed by atoms with Gasteiger partial charge >= 0.3 is 0 Å². The van der Waals surface area contributed by atoms with Gasteiger partial charge in [-0.3, -0.25) is 4.79 Å². The Morgan fingerprint density at radius 3 is 2.58 bits per heavy atom. The molecule has 138 valence electrons. The van der Waals surface area contributed by atoms with Crippen molar-refractivity contribution in [3.05, 3.63) is 47.0 Å². The summed E-state index contributed by atoms with van der Waals surface area (Å²) < 4.78 is 15.7. The van der Waals surface area contributed by atoms with Gasteiger partial charge in [-0.05, 0) is 48.9 Å². The van der Waals surface area contributed by atoms with Crippen LogP contribution in [0.2, 0.25) is 5.02 Å². The summed E-state index contributed by atoms with van der Waals surface area (Å²) in [6, 6.07) is 9.93. The largest absolute Gasteiger partial charge is 0.503 e. The van der Waals surface area contributed by atoms with Crippen LogP contribution in [-0.4, -0.2) is 37.6 Å². The number of aromatic hydroxyl groups is 1. The zero-order valence-corrected chi connectivity index (χ0v) is 15.1. The Morgan fingerprint density at radius 1 is 1.23 bits per heavy atom. The van der Waals surface area contributed by atoms with E-state index in [0.717, 1.165) is 0 Å². The minimum absolute atomic E-state index is 0.131. The molecule has 0 aromatic heterocycles. The van der Waals surface area contributed by atoms with Gasteiger partial charge in [-0.2, -0.15) is 5.10 Å². The van der Waals surface area contributed by atoms with Crippen molar-refractivity contribution in [1.82, 2.24) is 5.43 Å². The van der Waals surface area contributed by atoms with Crippen LogP contribution in [-0.2, 0) is 4.79 Å². The van der Waals surface area contributed by atoms with Crippen molar-refractivity contribution in [2.45, 2.75) is 6.92 Å². The molecule has 0 spiro atoms. The molecule has 0 unspecified atom stereocenters. The first-order valence-electron chi connectivity index (χ1n) is 7.77. The summed E-state index contributed by atoms with van der Waals surface area (Å²) in [6.45, 7) is 1.98. The molecule has 2 aromatic carbocycles. The second kappa shape index (κ2) is 9.53. The first-order valence-corrected chi connectivity index (χ1v) is 8.15. The molecule has 0 radical (unpaired) electrons. The minimum Gasteiger partial charge on any atom is -0.503 e. The van der Waals surface area contributed by atoms with E-state index in [9.17, 15) is 9.90 Å². The third-order valence-corrected chi connectivity index (χ3v) is 3.47. The monoisotopic (exact) mass is 378 g/mol. The van der Waals surface area contributed by atoms with Crippen LogP contribution in [0.3, 0.4) is 0 Å². The van der Waals surface area contributed by atoms with E-state index in [4.69, 9.17) is 25.8 Å². The Labute approximate surface area is 156 Å². The van der Waals surface area contributed by atoms with Gasteiger partial charge in [-0.25, -0.2) is 5.43 Å². The molecule has 2 rings (SSSR count). The van der Waals surface area contributed by atoms with Crippen molar-refractivity contribution in [1.29, 1.82) is 0 Å². The topological polar surface area (TPSA) is 89.4 Å². The van der Waals surface area contributed by atoms with Crippen molar-refractivity contribution in [2.75, 3.05) is 20.3 Å². The maximum Gasteiger partial charge on any atom is 0.277 e. The number of hydrogen-bond donors (Lipinski definition) is 2. The summed E-state index contributed by atoms with van der Waals surface area (Å²) in [5, 5.41) is 13.7. The fraction of sp³-hybridized carbons (Fsp3) is 0.222. The number of methoxy groups -OCH3 is 1. The van der Waals surface area contributed by atoms with Crippen LogP contribution >= 0.6 is 11.6 Å². The molecule has 0 atom stereocenters. The predicted octanol–water partition coefficient (Wildman–Crippen LogP) is 2.98. The summed E-state index contributed by atoms with van der Waals surface area (Å²) in [6.07, 6.45) is 1.39. The highest BCUT2D eigenvalue weighted by molar-refractivity contribution is 6.32. The number of amides is 1. The van der Waals surface area contributed by atoms with E-state index in [1.807, 2.05) is 0 Å². The second-order valence-corrected chi connectivity index (χ2v) is 5.45. The van der Waals surface area contributed by atoms with Crippen molar-refractivity contribution < 1.29 is 24.1 Å². The summed E-state index contributed by atoms with van der Waals surface area (Å²) in [5.74, 6) is 0.923. The third kappa shape index (κ3) is 5.56. The Balaban J connectivity index is 1.88. The van der Waals surface area contributed by atoms with E-state index in [-0.39, 0.29) is 23.1 Å². The molecule has 1 amide bonds. The fourth-order valence-electron chi connectivity index (χ4n) is 1.97. The van der Waals surface area contributed by atoms with E-state index < -0.39 is 5.91 Å². The lowest BCUT2D eigenvalue weighted by atomic mass is 10.2. The molecular weight excluding hydrogens is 360 g/mol. The van der Waals surface area contributed by atoms with Crippen LogP contribution in [0.25, 0.3) is 0 Å². The van der Waals surface area contributed by atoms with Crippen molar-refractivity contribution in [3.8, 4) is 23.0 Å². The number of carbonyl (C=O) groups excluding carboxylic acids is 1. The van der Waals surface area contributed by atoms with Gasteiger partial charge in [-0.15, -0.1) is 0 Å². The number of rotatable bonds is 8. The maximum absolute atomic E-state index is 11.8. The number of nitrogens with zero attached hydrogens (tertiary/aromatic N) is 1. The second-order valence-electron chi connectivity index (χ2n) is 5.04. The SMILES string of the molecule is CCOc1cc(/C=N/NC(=O)COc2ccc(OC)cc2)cc(Cl)c1O. The van der Waals surface area contributed by atoms with E-state index >= 15 is 0 Å². The molecule has 7 nitrogen and oxygen atoms in total. The number of carbonyl (C=O) groups is 1. The molecule has 0 heterocycles. The van der Waals surface area contributed by atoms with Gasteiger partial charge in [0, 0.05) is 0 Å². The number of ether oxygens (including phenoxy) is 3. The lowest BCUT2D eigenvalue weighted by molar-refractivity contribution is -0.123. The molecular formula is C18H19ClN2O5. The average Bonchev–Trinajstić information content (AvgIpc) is 2.64. The molecule has 0 saturated carbocycles. The van der Waals surface area contributed by atoms with E-state index in [0.29, 0.717) is 23.7 Å². The molecule has 8 heteroatoms. The molecule has 0 saturated heterocycles. The number of benzene rings is 2. The van der Waals surface area contributed by atoms with Gasteiger partial charge in [-0.1, -0.05) is 11.6 Å². The molecule has 0 bridgehead atoms. The van der Waals surface area contributed by atoms with Crippen LogP contribution in [0.5, 0.6) is 23.0 Å². The normalized spacial score (nSPS) is 10.6. The average molecular weight is 379 g/mol. The zero-order valence-electron chi connectivity index (χ0n) is 14.4. The molecule has 0 aliphatic heterocycles. The van der Waals surface area contributed by atoms with Crippen molar-refractivity contribution in [2.24, 2.45) is 5.10 Å². The van der Waals surface area contributed by atoms with Crippen LogP contribution in [0.4, 0.5) is 0 Å². The first kappa shape index (κ1) is 19.4. The summed E-state index contributed by atoms with van der Waals surface area (Å²) >= 11 is 5.93. The zero-order chi connectivity index (χ0) is 18.9. The summed E-state index contributed by atoms with van der Waals surface area (Å²) in [5.41, 5.74) is 2.91. The molecule has 2 aromatic rings. The van der Waals surface area contributed by atoms with Crippen molar-refractivity contribution >= 4 is 23.7 Å². The summed E-state index contributed by atoms with van der Waals surface area (Å²) in [4.78, 5) is 11.8. The number of nitrogens with one attached hydrogen (secondary N) is 1. The predicted molar refractivity (Wildman–Crippen MR) is 98.5 cm³/mol. The van der Waals surface area contributed by atoms with E-state index in [2.05, 4.69) is 10.5 Å². The highest BCUT2D eigenvalue weighted by Crippen LogP contribution is 2.34. The lowest BCUT2D eigenvalue weighted by Gasteiger charge is -2.08. The molecule has 0 fully saturated rings. The number of hydrazone groups is 1.